The van der Waals surface area contributed by atoms with Crippen LogP contribution in [0.15, 0.2) is 62.8 Å². The molecule has 0 spiro atoms. The van der Waals surface area contributed by atoms with E-state index in [0.717, 1.165) is 118 Å². The third kappa shape index (κ3) is 31.0. The van der Waals surface area contributed by atoms with E-state index in [9.17, 15) is 0 Å². The summed E-state index contributed by atoms with van der Waals surface area (Å²) in [7, 11) is 0. The lowest BCUT2D eigenvalue weighted by Gasteiger charge is -2.38. The molecule has 0 heteroatoms. The van der Waals surface area contributed by atoms with Gasteiger partial charge in [-0.05, 0) is 318 Å². The predicted molar refractivity (Wildman–Crippen MR) is 438 cm³/mol. The van der Waals surface area contributed by atoms with Crippen molar-refractivity contribution in [1.29, 1.82) is 0 Å². The van der Waals surface area contributed by atoms with Gasteiger partial charge in [0.25, 0.3) is 0 Å². The molecule has 10 aliphatic rings. The van der Waals surface area contributed by atoms with Crippen molar-refractivity contribution >= 4 is 0 Å². The first-order valence-electron chi connectivity index (χ1n) is 43.8. The van der Waals surface area contributed by atoms with Crippen LogP contribution in [0, 0.1) is 118 Å². The van der Waals surface area contributed by atoms with Gasteiger partial charge in [0.1, 0.15) is 0 Å². The molecule has 10 saturated carbocycles. The highest BCUT2D eigenvalue weighted by Crippen LogP contribution is 2.48. The van der Waals surface area contributed by atoms with Gasteiger partial charge in [-0.1, -0.05) is 244 Å². The van der Waals surface area contributed by atoms with E-state index in [0.29, 0.717) is 0 Å². The Balaban J connectivity index is -0.000000380. The van der Waals surface area contributed by atoms with E-state index in [4.69, 9.17) is 0 Å². The SMILES string of the molecule is C/C=C/CCC1CCC(C2CCC(CCC)CC2)CC1.C=CC1CCC(C2CCC(CCC)CC2)CC1.C=CC1CCC(C2CCC(CCCC)CC2)CC1.C=CC1CCC(C2CCC(CCCCC)CC2)CC1.C=CCCC1CCC(C2CCC(CCC)CC2)CC1.[HH].[HH].[HH].[HH].[HH].[HH].[HH].[HH].[HH].[HH]. The highest BCUT2D eigenvalue weighted by molar-refractivity contribution is 4.92. The second-order valence-corrected chi connectivity index (χ2v) is 35.2. The zero-order chi connectivity index (χ0) is 66.1. The van der Waals surface area contributed by atoms with Crippen LogP contribution in [0.1, 0.15) is 422 Å². The van der Waals surface area contributed by atoms with E-state index in [1.807, 2.05) is 0 Å². The maximum absolute atomic E-state index is 3.97. The molecule has 10 aliphatic carbocycles. The van der Waals surface area contributed by atoms with Crippen LogP contribution in [0.5, 0.6) is 0 Å². The van der Waals surface area contributed by atoms with Gasteiger partial charge in [-0.3, -0.25) is 0 Å². The molecule has 0 aliphatic heterocycles. The summed E-state index contributed by atoms with van der Waals surface area (Å²) in [5.41, 5.74) is 0. The van der Waals surface area contributed by atoms with Crippen LogP contribution in [-0.4, -0.2) is 0 Å². The normalized spacial score (nSPS) is 36.7. The lowest BCUT2D eigenvalue weighted by Crippen LogP contribution is -2.25. The fraction of sp³-hybridized carbons (Fsp3) is 0.892. The van der Waals surface area contributed by atoms with Gasteiger partial charge in [-0.25, -0.2) is 0 Å². The summed E-state index contributed by atoms with van der Waals surface area (Å²) in [5, 5.41) is 0. The highest BCUT2D eigenvalue weighted by atomic mass is 14.4. The largest absolute Gasteiger partial charge is 0.103 e. The minimum absolute atomic E-state index is 0. The summed E-state index contributed by atoms with van der Waals surface area (Å²) in [4.78, 5) is 0. The number of hydrogen-bond donors (Lipinski definition) is 0. The third-order valence-corrected chi connectivity index (χ3v) is 29.1. The van der Waals surface area contributed by atoms with Crippen molar-refractivity contribution < 1.29 is 14.3 Å². The molecule has 558 valence electrons. The summed E-state index contributed by atoms with van der Waals surface area (Å²) >= 11 is 0. The van der Waals surface area contributed by atoms with Crippen LogP contribution in [-0.2, 0) is 0 Å². The van der Waals surface area contributed by atoms with Crippen molar-refractivity contribution in [2.75, 3.05) is 0 Å². The Labute approximate surface area is 600 Å². The third-order valence-electron chi connectivity index (χ3n) is 29.1. The average molecular weight is 1300 g/mol. The molecule has 0 N–H and O–H groups in total. The number of rotatable bonds is 27. The maximum Gasteiger partial charge on any atom is 0 e. The zero-order valence-corrected chi connectivity index (χ0v) is 64.1. The molecule has 0 heterocycles. The van der Waals surface area contributed by atoms with Crippen molar-refractivity contribution in [1.82, 2.24) is 0 Å². The first-order chi connectivity index (χ1) is 45.7. The lowest BCUT2D eigenvalue weighted by atomic mass is 9.68. The van der Waals surface area contributed by atoms with Gasteiger partial charge < -0.3 is 0 Å². The standard InChI is InChI=1S/C20H36.2C19H34.C18H32.C17H30.10H2/c1-3-5-6-8-18-11-15-20(16-12-18)19-13-9-17(7-4-2)10-14-19;1-3-5-6-7-17-10-14-19(15-11-17)18-12-8-16(4-2)9-13-18;1-3-5-7-17-10-14-19(15-11-17)18-12-8-16(6-4-2)9-13-18;1-3-5-6-16-9-13-18(14-10-16)17-11-7-15(4-2)8-12-17;1-3-5-15-8-12-17(13-9-15)16-10-6-14(4-2)7-11-16;;;;;;;;;;/h3,5,17-20H,4,6-16H2,1-2H3;4,16-19H,2-3,5-15H2,1H3;3,16-19H,1,4-15H2,2H3;4,15-18H,2-3,5-14H2,1H3;4,14-17H,2-3,5-13H2,1H3;10*1H/b5-3+;;;;;;;;;;;;;;. The number of hydrogen-bond acceptors (Lipinski definition) is 0. The van der Waals surface area contributed by atoms with Gasteiger partial charge in [-0.2, -0.15) is 0 Å². The molecule has 0 aromatic rings. The Morgan fingerprint density at radius 2 is 0.452 bits per heavy atom. The van der Waals surface area contributed by atoms with Crippen molar-refractivity contribution in [3.63, 3.8) is 0 Å². The second-order valence-electron chi connectivity index (χ2n) is 35.2. The zero-order valence-electron chi connectivity index (χ0n) is 64.1. The maximum atomic E-state index is 3.97. The molecular formula is C93H186. The first kappa shape index (κ1) is 80.7. The predicted octanol–water partition coefficient (Wildman–Crippen LogP) is 33.5. The van der Waals surface area contributed by atoms with Gasteiger partial charge in [0.2, 0.25) is 0 Å². The van der Waals surface area contributed by atoms with Gasteiger partial charge in [-0.15, -0.1) is 26.3 Å². The van der Waals surface area contributed by atoms with Gasteiger partial charge in [0, 0.05) is 14.3 Å². The van der Waals surface area contributed by atoms with Gasteiger partial charge in [0.15, 0.2) is 0 Å². The monoisotopic (exact) mass is 1300 g/mol. The summed E-state index contributed by atoms with van der Waals surface area (Å²) < 4.78 is 0. The Morgan fingerprint density at radius 1 is 0.237 bits per heavy atom. The van der Waals surface area contributed by atoms with E-state index in [1.54, 1.807) is 64.2 Å². The minimum atomic E-state index is 0. The van der Waals surface area contributed by atoms with Crippen LogP contribution in [0.4, 0.5) is 0 Å². The highest BCUT2D eigenvalue weighted by Gasteiger charge is 2.35. The Bertz CT molecular complexity index is 1850. The molecule has 0 saturated heterocycles. The fourth-order valence-electron chi connectivity index (χ4n) is 22.4. The molecule has 0 aromatic heterocycles. The topological polar surface area (TPSA) is 0 Å². The van der Waals surface area contributed by atoms with Crippen LogP contribution >= 0.6 is 0 Å². The van der Waals surface area contributed by atoms with Gasteiger partial charge in [0.05, 0.1) is 0 Å². The minimum Gasteiger partial charge on any atom is -0.103 e. The Hall–Kier alpha value is -1.30. The molecule has 93 heavy (non-hydrogen) atoms. The van der Waals surface area contributed by atoms with Gasteiger partial charge >= 0.3 is 0 Å². The second kappa shape index (κ2) is 49.3. The molecule has 0 unspecified atom stereocenters. The summed E-state index contributed by atoms with van der Waals surface area (Å²) in [6.07, 6.45) is 97.9. The van der Waals surface area contributed by atoms with Crippen LogP contribution in [0.3, 0.4) is 0 Å². The van der Waals surface area contributed by atoms with E-state index in [-0.39, 0.29) is 14.3 Å². The van der Waals surface area contributed by atoms with Crippen molar-refractivity contribution in [2.24, 2.45) is 118 Å². The molecule has 10 fully saturated rings. The van der Waals surface area contributed by atoms with E-state index in [2.05, 4.69) is 104 Å². The molecule has 0 aromatic carbocycles. The molecule has 0 amide bonds. The number of allylic oxidation sites excluding steroid dienone is 6. The Kier molecular flexibility index (Phi) is 42.7. The summed E-state index contributed by atoms with van der Waals surface area (Å²) in [5.74, 6) is 20.7. The molecule has 0 atom stereocenters. The average Bonchev–Trinajstić information content (AvgIpc) is 0.887. The Morgan fingerprint density at radius 3 is 0.667 bits per heavy atom. The molecular weight excluding hydrogens is 1120 g/mol. The van der Waals surface area contributed by atoms with Crippen molar-refractivity contribution in [2.45, 2.75) is 408 Å². The van der Waals surface area contributed by atoms with E-state index in [1.165, 1.54) is 302 Å². The van der Waals surface area contributed by atoms with Crippen molar-refractivity contribution in [3.05, 3.63) is 62.8 Å². The van der Waals surface area contributed by atoms with Crippen LogP contribution in [0.2, 0.25) is 0 Å². The smallest absolute Gasteiger partial charge is 0 e. The van der Waals surface area contributed by atoms with Crippen LogP contribution in [0.25, 0.3) is 0 Å². The lowest BCUT2D eigenvalue weighted by molar-refractivity contribution is 0.141. The first-order valence-corrected chi connectivity index (χ1v) is 43.8. The number of unbranched alkanes of at least 4 members (excludes halogenated alkanes) is 3. The molecule has 0 radical (unpaired) electrons. The van der Waals surface area contributed by atoms with Crippen LogP contribution < -0.4 is 0 Å². The molecule has 0 bridgehead atoms. The van der Waals surface area contributed by atoms with E-state index < -0.39 is 0 Å². The molecule has 10 rings (SSSR count). The fourth-order valence-corrected chi connectivity index (χ4v) is 22.4. The van der Waals surface area contributed by atoms with E-state index >= 15 is 0 Å². The van der Waals surface area contributed by atoms with Crippen molar-refractivity contribution in [3.8, 4) is 0 Å². The molecule has 0 nitrogen and oxygen atoms in total. The summed E-state index contributed by atoms with van der Waals surface area (Å²) in [6.45, 7) is 29.5. The quantitative estimate of drug-likeness (QED) is 0.0568. The summed E-state index contributed by atoms with van der Waals surface area (Å²) in [6, 6.07) is 0.